The van der Waals surface area contributed by atoms with Gasteiger partial charge in [-0.3, -0.25) is 10.1 Å². The van der Waals surface area contributed by atoms with Crippen molar-refractivity contribution in [1.29, 1.82) is 5.41 Å². The summed E-state index contributed by atoms with van der Waals surface area (Å²) in [6.07, 6.45) is 5.03. The van der Waals surface area contributed by atoms with Crippen molar-refractivity contribution in [3.63, 3.8) is 0 Å². The first-order chi connectivity index (χ1) is 5.24. The van der Waals surface area contributed by atoms with E-state index < -0.39 is 0 Å². The molecule has 0 radical (unpaired) electrons. The average Bonchev–Trinajstić information content (AvgIpc) is 2.36. The van der Waals surface area contributed by atoms with Crippen LogP contribution >= 0.6 is 0 Å². The molecule has 0 aliphatic carbocycles. The summed E-state index contributed by atoms with van der Waals surface area (Å²) in [4.78, 5) is 3.91. The molecule has 0 fully saturated rings. The fourth-order valence-electron chi connectivity index (χ4n) is 0.704. The molecule has 0 saturated carbocycles. The van der Waals surface area contributed by atoms with Crippen molar-refractivity contribution in [2.75, 3.05) is 0 Å². The molecule has 0 aromatic carbocycles. The maximum Gasteiger partial charge on any atom is 0.198 e. The van der Waals surface area contributed by atoms with Gasteiger partial charge in [-0.25, -0.2) is 4.98 Å². The molecule has 0 aliphatic heterocycles. The number of hydrogen-bond acceptors (Lipinski definition) is 3. The Hall–Kier alpha value is -1.45. The van der Waals surface area contributed by atoms with Crippen molar-refractivity contribution in [3.05, 3.63) is 24.3 Å². The third kappa shape index (κ3) is 1.73. The molecule has 1 N–H and O–H groups in total. The molecule has 1 rings (SSSR count). The van der Waals surface area contributed by atoms with E-state index in [1.54, 1.807) is 30.2 Å². The van der Waals surface area contributed by atoms with Crippen LogP contribution in [0.3, 0.4) is 0 Å². The minimum absolute atomic E-state index is 0.341. The molecule has 0 bridgehead atoms. The highest BCUT2D eigenvalue weighted by atomic mass is 15.3. The smallest absolute Gasteiger partial charge is 0.198 e. The Kier molecular flexibility index (Phi) is 2.15. The molecule has 0 saturated heterocycles. The lowest BCUT2D eigenvalue weighted by Crippen LogP contribution is -1.98. The molecule has 11 heavy (non-hydrogen) atoms. The predicted octanol–water partition coefficient (Wildman–Crippen LogP) is 0.759. The molecule has 58 valence electrons. The van der Waals surface area contributed by atoms with Crippen LogP contribution in [0, 0.1) is 5.41 Å². The number of nitrogens with one attached hydrogen (secondary N) is 1. The highest BCUT2D eigenvalue weighted by Crippen LogP contribution is 1.91. The largest absolute Gasteiger partial charge is 0.297 e. The lowest BCUT2D eigenvalue weighted by molar-refractivity contribution is 0.763. The predicted molar refractivity (Wildman–Crippen MR) is 42.6 cm³/mol. The molecule has 1 heterocycles. The number of hydrogen-bond donors (Lipinski definition) is 1. The second-order valence-corrected chi connectivity index (χ2v) is 2.16. The highest BCUT2D eigenvalue weighted by molar-refractivity contribution is 6.03. The van der Waals surface area contributed by atoms with Crippen molar-refractivity contribution in [2.45, 2.75) is 6.92 Å². The first-order valence-electron chi connectivity index (χ1n) is 3.31. The molecular formula is C7H10N4. The lowest BCUT2D eigenvalue weighted by atomic mass is 10.3. The molecule has 0 spiro atoms. The van der Waals surface area contributed by atoms with E-state index in [-0.39, 0.29) is 0 Å². The Morgan fingerprint density at radius 1 is 1.73 bits per heavy atom. The van der Waals surface area contributed by atoms with Gasteiger partial charge in [-0.05, 0) is 13.0 Å². The van der Waals surface area contributed by atoms with Crippen LogP contribution in [0.25, 0.3) is 0 Å². The third-order valence-corrected chi connectivity index (χ3v) is 1.17. The normalized spacial score (nSPS) is 10.7. The lowest BCUT2D eigenvalue weighted by Gasteiger charge is -1.87. The van der Waals surface area contributed by atoms with Gasteiger partial charge in [-0.15, -0.1) is 5.10 Å². The van der Waals surface area contributed by atoms with Crippen molar-refractivity contribution in [3.8, 4) is 0 Å². The molecule has 4 heteroatoms. The van der Waals surface area contributed by atoms with E-state index in [2.05, 4.69) is 10.1 Å². The molecule has 0 atom stereocenters. The molecule has 0 amide bonds. The SMILES string of the molecule is C/C=C\C(=N)c1ncn(C)n1. The van der Waals surface area contributed by atoms with Crippen molar-refractivity contribution < 1.29 is 0 Å². The van der Waals surface area contributed by atoms with E-state index in [1.165, 1.54) is 0 Å². The Bertz CT molecular complexity index is 284. The van der Waals surface area contributed by atoms with Crippen molar-refractivity contribution in [1.82, 2.24) is 14.8 Å². The summed E-state index contributed by atoms with van der Waals surface area (Å²) in [5, 5.41) is 11.4. The molecule has 4 nitrogen and oxygen atoms in total. The van der Waals surface area contributed by atoms with Crippen LogP contribution < -0.4 is 0 Å². The monoisotopic (exact) mass is 150 g/mol. The van der Waals surface area contributed by atoms with E-state index in [0.717, 1.165) is 0 Å². The second-order valence-electron chi connectivity index (χ2n) is 2.16. The number of rotatable bonds is 2. The van der Waals surface area contributed by atoms with Crippen molar-refractivity contribution >= 4 is 5.71 Å². The minimum Gasteiger partial charge on any atom is -0.297 e. The van der Waals surface area contributed by atoms with Gasteiger partial charge in [0.15, 0.2) is 5.82 Å². The molecule has 1 aromatic rings. The fourth-order valence-corrected chi connectivity index (χ4v) is 0.704. The van der Waals surface area contributed by atoms with Gasteiger partial charge in [0.2, 0.25) is 0 Å². The zero-order valence-electron chi connectivity index (χ0n) is 6.57. The number of nitrogens with zero attached hydrogens (tertiary/aromatic N) is 3. The van der Waals surface area contributed by atoms with Gasteiger partial charge in [-0.1, -0.05) is 6.08 Å². The maximum absolute atomic E-state index is 7.42. The van der Waals surface area contributed by atoms with Gasteiger partial charge in [0.1, 0.15) is 12.0 Å². The second kappa shape index (κ2) is 3.09. The number of allylic oxidation sites excluding steroid dienone is 2. The van der Waals surface area contributed by atoms with Crippen LogP contribution in [0.2, 0.25) is 0 Å². The Morgan fingerprint density at radius 2 is 2.45 bits per heavy atom. The van der Waals surface area contributed by atoms with Crippen LogP contribution in [0.4, 0.5) is 0 Å². The zero-order valence-corrected chi connectivity index (χ0v) is 6.57. The van der Waals surface area contributed by atoms with Crippen LogP contribution in [-0.2, 0) is 7.05 Å². The first-order valence-corrected chi connectivity index (χ1v) is 3.31. The Balaban J connectivity index is 2.85. The zero-order chi connectivity index (χ0) is 8.27. The van der Waals surface area contributed by atoms with Crippen molar-refractivity contribution in [2.24, 2.45) is 7.05 Å². The third-order valence-electron chi connectivity index (χ3n) is 1.17. The number of aromatic nitrogens is 3. The van der Waals surface area contributed by atoms with Crippen LogP contribution in [0.15, 0.2) is 18.5 Å². The van der Waals surface area contributed by atoms with Crippen LogP contribution in [-0.4, -0.2) is 20.5 Å². The summed E-state index contributed by atoms with van der Waals surface area (Å²) in [6, 6.07) is 0. The standard InChI is InChI=1S/C7H10N4/c1-3-4-6(8)7-9-5-11(2)10-7/h3-5,8H,1-2H3/b4-3-,8-6?. The summed E-state index contributed by atoms with van der Waals surface area (Å²) in [5.41, 5.74) is 0.341. The van der Waals surface area contributed by atoms with E-state index in [1.807, 2.05) is 6.92 Å². The maximum atomic E-state index is 7.42. The van der Waals surface area contributed by atoms with Gasteiger partial charge < -0.3 is 0 Å². The Morgan fingerprint density at radius 3 is 2.91 bits per heavy atom. The molecular weight excluding hydrogens is 140 g/mol. The van der Waals surface area contributed by atoms with Crippen LogP contribution in [0.1, 0.15) is 12.7 Å². The van der Waals surface area contributed by atoms with E-state index in [9.17, 15) is 0 Å². The van der Waals surface area contributed by atoms with E-state index in [4.69, 9.17) is 5.41 Å². The van der Waals surface area contributed by atoms with E-state index in [0.29, 0.717) is 11.5 Å². The molecule has 1 aromatic heterocycles. The van der Waals surface area contributed by atoms with Gasteiger partial charge in [0.05, 0.1) is 0 Å². The molecule has 0 unspecified atom stereocenters. The highest BCUT2D eigenvalue weighted by Gasteiger charge is 2.00. The summed E-state index contributed by atoms with van der Waals surface area (Å²) in [7, 11) is 1.78. The quantitative estimate of drug-likeness (QED) is 0.633. The van der Waals surface area contributed by atoms with Gasteiger partial charge in [-0.2, -0.15) is 0 Å². The summed E-state index contributed by atoms with van der Waals surface area (Å²) in [6.45, 7) is 1.86. The molecule has 0 aliphatic rings. The van der Waals surface area contributed by atoms with Gasteiger partial charge in [0, 0.05) is 7.05 Å². The first kappa shape index (κ1) is 7.65. The summed E-state index contributed by atoms with van der Waals surface area (Å²) in [5.74, 6) is 0.464. The summed E-state index contributed by atoms with van der Waals surface area (Å²) >= 11 is 0. The fraction of sp³-hybridized carbons (Fsp3) is 0.286. The van der Waals surface area contributed by atoms with Gasteiger partial charge >= 0.3 is 0 Å². The van der Waals surface area contributed by atoms with E-state index >= 15 is 0 Å². The topological polar surface area (TPSA) is 54.6 Å². The van der Waals surface area contributed by atoms with Gasteiger partial charge in [0.25, 0.3) is 0 Å². The van der Waals surface area contributed by atoms with Crippen LogP contribution in [0.5, 0.6) is 0 Å². The average molecular weight is 150 g/mol. The minimum atomic E-state index is 0.341. The summed E-state index contributed by atoms with van der Waals surface area (Å²) < 4.78 is 1.58. The number of aryl methyl sites for hydroxylation is 1. The Labute approximate surface area is 65.1 Å².